The maximum Gasteiger partial charge on any atom is 0.0878 e. The van der Waals surface area contributed by atoms with Gasteiger partial charge in [0.15, 0.2) is 0 Å². The van der Waals surface area contributed by atoms with Gasteiger partial charge in [0.2, 0.25) is 0 Å². The van der Waals surface area contributed by atoms with E-state index in [2.05, 4.69) is 17.1 Å². The first-order valence-corrected chi connectivity index (χ1v) is 4.13. The topological polar surface area (TPSA) is 22.1 Å². The van der Waals surface area contributed by atoms with Crippen molar-refractivity contribution in [2.24, 2.45) is 0 Å². The first kappa shape index (κ1) is 7.50. The molecule has 62 valence electrons. The maximum atomic E-state index is 5.54. The average Bonchev–Trinajstić information content (AvgIpc) is 2.21. The number of hydrogen-bond acceptors (Lipinski definition) is 2. The van der Waals surface area contributed by atoms with Crippen LogP contribution in [-0.4, -0.2) is 11.6 Å². The molecule has 1 aromatic rings. The Morgan fingerprint density at radius 2 is 2.42 bits per heavy atom. The van der Waals surface area contributed by atoms with Crippen LogP contribution in [-0.2, 0) is 4.74 Å². The second kappa shape index (κ2) is 3.50. The van der Waals surface area contributed by atoms with E-state index in [1.165, 1.54) is 5.56 Å². The lowest BCUT2D eigenvalue weighted by Gasteiger charge is -2.18. The van der Waals surface area contributed by atoms with E-state index in [0.29, 0.717) is 0 Å². The normalized spacial score (nSPS) is 22.5. The van der Waals surface area contributed by atoms with Crippen LogP contribution in [0, 0.1) is 0 Å². The molecule has 0 fully saturated rings. The zero-order valence-electron chi connectivity index (χ0n) is 6.81. The Morgan fingerprint density at radius 3 is 3.08 bits per heavy atom. The van der Waals surface area contributed by atoms with Crippen LogP contribution in [0.15, 0.2) is 36.7 Å². The lowest BCUT2D eigenvalue weighted by atomic mass is 10.1. The van der Waals surface area contributed by atoms with Crippen LogP contribution >= 0.6 is 0 Å². The Balaban J connectivity index is 2.15. The zero-order chi connectivity index (χ0) is 8.23. The molecule has 0 saturated carbocycles. The molecule has 1 aliphatic heterocycles. The van der Waals surface area contributed by atoms with Crippen LogP contribution in [0.2, 0.25) is 0 Å². The highest BCUT2D eigenvalue weighted by atomic mass is 16.5. The summed E-state index contributed by atoms with van der Waals surface area (Å²) in [5, 5.41) is 0. The summed E-state index contributed by atoms with van der Waals surface area (Å²) in [7, 11) is 0. The van der Waals surface area contributed by atoms with Gasteiger partial charge < -0.3 is 4.74 Å². The molecule has 0 aromatic carbocycles. The van der Waals surface area contributed by atoms with Crippen molar-refractivity contribution in [1.29, 1.82) is 0 Å². The summed E-state index contributed by atoms with van der Waals surface area (Å²) in [6, 6.07) is 3.99. The van der Waals surface area contributed by atoms with Gasteiger partial charge in [0, 0.05) is 12.4 Å². The van der Waals surface area contributed by atoms with E-state index in [-0.39, 0.29) is 6.10 Å². The molecule has 2 nitrogen and oxygen atoms in total. The molecule has 2 heterocycles. The Hall–Kier alpha value is -1.15. The largest absolute Gasteiger partial charge is 0.369 e. The van der Waals surface area contributed by atoms with Crippen LogP contribution in [0.5, 0.6) is 0 Å². The minimum Gasteiger partial charge on any atom is -0.369 e. The van der Waals surface area contributed by atoms with Crippen molar-refractivity contribution in [2.45, 2.75) is 12.5 Å². The summed E-state index contributed by atoms with van der Waals surface area (Å²) in [5.41, 5.74) is 1.17. The molecular formula is C10H11NO. The van der Waals surface area contributed by atoms with Crippen molar-refractivity contribution < 1.29 is 4.74 Å². The van der Waals surface area contributed by atoms with Crippen molar-refractivity contribution in [3.8, 4) is 0 Å². The molecule has 0 N–H and O–H groups in total. The van der Waals surface area contributed by atoms with Crippen molar-refractivity contribution in [2.75, 3.05) is 6.61 Å². The monoisotopic (exact) mass is 161 g/mol. The minimum atomic E-state index is 0.212. The molecule has 1 aromatic heterocycles. The summed E-state index contributed by atoms with van der Waals surface area (Å²) in [4.78, 5) is 4.06. The Kier molecular flexibility index (Phi) is 2.19. The van der Waals surface area contributed by atoms with E-state index in [0.717, 1.165) is 13.0 Å². The second-order valence-corrected chi connectivity index (χ2v) is 2.82. The summed E-state index contributed by atoms with van der Waals surface area (Å²) in [6.07, 6.45) is 9.02. The number of pyridine rings is 1. The first-order chi connectivity index (χ1) is 5.97. The van der Waals surface area contributed by atoms with Crippen LogP contribution in [0.25, 0.3) is 0 Å². The Labute approximate surface area is 71.9 Å². The van der Waals surface area contributed by atoms with Crippen LogP contribution in [0.1, 0.15) is 18.1 Å². The van der Waals surface area contributed by atoms with Gasteiger partial charge in [-0.3, -0.25) is 4.98 Å². The van der Waals surface area contributed by atoms with Crippen molar-refractivity contribution in [3.63, 3.8) is 0 Å². The fourth-order valence-corrected chi connectivity index (χ4v) is 1.33. The number of rotatable bonds is 1. The van der Waals surface area contributed by atoms with Gasteiger partial charge in [0.1, 0.15) is 0 Å². The third-order valence-electron chi connectivity index (χ3n) is 1.97. The predicted molar refractivity (Wildman–Crippen MR) is 46.7 cm³/mol. The highest BCUT2D eigenvalue weighted by Crippen LogP contribution is 2.22. The highest BCUT2D eigenvalue weighted by molar-refractivity contribution is 5.14. The van der Waals surface area contributed by atoms with Gasteiger partial charge in [-0.05, 0) is 18.1 Å². The highest BCUT2D eigenvalue weighted by Gasteiger charge is 2.11. The molecule has 1 aliphatic rings. The van der Waals surface area contributed by atoms with Crippen molar-refractivity contribution in [1.82, 2.24) is 4.98 Å². The summed E-state index contributed by atoms with van der Waals surface area (Å²) < 4.78 is 5.54. The fourth-order valence-electron chi connectivity index (χ4n) is 1.33. The van der Waals surface area contributed by atoms with Crippen molar-refractivity contribution in [3.05, 3.63) is 42.2 Å². The molecule has 0 aliphatic carbocycles. The Morgan fingerprint density at radius 1 is 1.42 bits per heavy atom. The molecule has 0 amide bonds. The molecule has 0 bridgehead atoms. The van der Waals surface area contributed by atoms with E-state index < -0.39 is 0 Å². The van der Waals surface area contributed by atoms with Gasteiger partial charge in [-0.2, -0.15) is 0 Å². The Bertz CT molecular complexity index is 268. The zero-order valence-corrected chi connectivity index (χ0v) is 6.81. The van der Waals surface area contributed by atoms with Gasteiger partial charge >= 0.3 is 0 Å². The van der Waals surface area contributed by atoms with Crippen molar-refractivity contribution >= 4 is 0 Å². The average molecular weight is 161 g/mol. The molecule has 0 spiro atoms. The van der Waals surface area contributed by atoms with Gasteiger partial charge in [0.25, 0.3) is 0 Å². The molecular weight excluding hydrogens is 150 g/mol. The summed E-state index contributed by atoms with van der Waals surface area (Å²) in [6.45, 7) is 0.722. The molecule has 2 heteroatoms. The van der Waals surface area contributed by atoms with Gasteiger partial charge in [-0.25, -0.2) is 0 Å². The molecule has 12 heavy (non-hydrogen) atoms. The third kappa shape index (κ3) is 1.53. The second-order valence-electron chi connectivity index (χ2n) is 2.82. The van der Waals surface area contributed by atoms with Gasteiger partial charge in [-0.1, -0.05) is 18.2 Å². The predicted octanol–water partition coefficient (Wildman–Crippen LogP) is 2.10. The van der Waals surface area contributed by atoms with Crippen LogP contribution in [0.4, 0.5) is 0 Å². The smallest absolute Gasteiger partial charge is 0.0878 e. The van der Waals surface area contributed by atoms with Crippen LogP contribution in [0.3, 0.4) is 0 Å². The van der Waals surface area contributed by atoms with E-state index in [1.807, 2.05) is 18.3 Å². The number of ether oxygens (including phenoxy) is 1. The minimum absolute atomic E-state index is 0.212. The summed E-state index contributed by atoms with van der Waals surface area (Å²) in [5.74, 6) is 0. The third-order valence-corrected chi connectivity index (χ3v) is 1.97. The standard InChI is InChI=1S/C10H11NO/c1-2-7-12-10(5-1)9-4-3-6-11-8-9/h1-4,6,8,10H,5,7H2. The summed E-state index contributed by atoms with van der Waals surface area (Å²) >= 11 is 0. The molecule has 0 radical (unpaired) electrons. The van der Waals surface area contributed by atoms with E-state index in [9.17, 15) is 0 Å². The van der Waals surface area contributed by atoms with E-state index >= 15 is 0 Å². The SMILES string of the molecule is C1=CCC(c2cccnc2)OC1. The van der Waals surface area contributed by atoms with E-state index in [1.54, 1.807) is 6.20 Å². The molecule has 2 rings (SSSR count). The molecule has 1 unspecified atom stereocenters. The number of hydrogen-bond donors (Lipinski definition) is 0. The quantitative estimate of drug-likeness (QED) is 0.588. The number of aromatic nitrogens is 1. The van der Waals surface area contributed by atoms with Crippen LogP contribution < -0.4 is 0 Å². The molecule has 1 atom stereocenters. The van der Waals surface area contributed by atoms with E-state index in [4.69, 9.17) is 4.74 Å². The lowest BCUT2D eigenvalue weighted by molar-refractivity contribution is 0.0675. The molecule has 0 saturated heterocycles. The first-order valence-electron chi connectivity index (χ1n) is 4.13. The maximum absolute atomic E-state index is 5.54. The lowest BCUT2D eigenvalue weighted by Crippen LogP contribution is -2.07. The van der Waals surface area contributed by atoms with Gasteiger partial charge in [0.05, 0.1) is 12.7 Å². The number of nitrogens with zero attached hydrogens (tertiary/aromatic N) is 1. The van der Waals surface area contributed by atoms with Gasteiger partial charge in [-0.15, -0.1) is 0 Å². The fraction of sp³-hybridized carbons (Fsp3) is 0.300.